The molecule has 118 valence electrons. The van der Waals surface area contributed by atoms with Crippen LogP contribution in [0.4, 0.5) is 11.4 Å². The molecule has 0 aliphatic carbocycles. The molecule has 0 aliphatic heterocycles. The van der Waals surface area contributed by atoms with Crippen LogP contribution in [0.1, 0.15) is 5.56 Å². The Hall–Kier alpha value is -3.47. The highest BCUT2D eigenvalue weighted by atomic mass is 16.6. The van der Waals surface area contributed by atoms with Crippen LogP contribution < -0.4 is 5.32 Å². The van der Waals surface area contributed by atoms with Gasteiger partial charge in [-0.1, -0.05) is 48.5 Å². The van der Waals surface area contributed by atoms with Crippen molar-refractivity contribution in [3.63, 3.8) is 0 Å². The minimum Gasteiger partial charge on any atom is -0.322 e. The van der Waals surface area contributed by atoms with E-state index in [1.807, 2.05) is 42.5 Å². The summed E-state index contributed by atoms with van der Waals surface area (Å²) in [6.45, 7) is 0. The summed E-state index contributed by atoms with van der Waals surface area (Å²) in [5.74, 6) is -0.343. The highest BCUT2D eigenvalue weighted by Gasteiger charge is 2.10. The minimum absolute atomic E-state index is 0.0355. The van der Waals surface area contributed by atoms with Gasteiger partial charge in [0.1, 0.15) is 0 Å². The van der Waals surface area contributed by atoms with Crippen LogP contribution in [0.2, 0.25) is 0 Å². The van der Waals surface area contributed by atoms with Gasteiger partial charge in [-0.25, -0.2) is 0 Å². The molecule has 5 heteroatoms. The predicted octanol–water partition coefficient (Wildman–Crippen LogP) is 4.40. The molecule has 3 rings (SSSR count). The summed E-state index contributed by atoms with van der Waals surface area (Å²) in [5.41, 5.74) is 1.05. The van der Waals surface area contributed by atoms with Crippen LogP contribution in [0, 0.1) is 10.1 Å². The summed E-state index contributed by atoms with van der Waals surface area (Å²) in [6, 6.07) is 19.7. The summed E-state index contributed by atoms with van der Waals surface area (Å²) < 4.78 is 0. The molecular weight excluding hydrogens is 304 g/mol. The Kier molecular flexibility index (Phi) is 4.34. The first-order valence-electron chi connectivity index (χ1n) is 7.35. The molecule has 0 bridgehead atoms. The van der Waals surface area contributed by atoms with Gasteiger partial charge in [-0.3, -0.25) is 14.9 Å². The topological polar surface area (TPSA) is 72.2 Å². The van der Waals surface area contributed by atoms with Gasteiger partial charge in [0.05, 0.1) is 10.5 Å². The van der Waals surface area contributed by atoms with E-state index in [-0.39, 0.29) is 11.6 Å². The molecule has 0 radical (unpaired) electrons. The van der Waals surface area contributed by atoms with E-state index in [0.717, 1.165) is 10.8 Å². The lowest BCUT2D eigenvalue weighted by Gasteiger charge is -2.06. The molecule has 0 saturated heterocycles. The monoisotopic (exact) mass is 318 g/mol. The van der Waals surface area contributed by atoms with Gasteiger partial charge in [-0.2, -0.15) is 0 Å². The quantitative estimate of drug-likeness (QED) is 0.440. The maximum atomic E-state index is 12.1. The van der Waals surface area contributed by atoms with Crippen molar-refractivity contribution < 1.29 is 9.72 Å². The molecule has 0 heterocycles. The van der Waals surface area contributed by atoms with Crippen LogP contribution in [0.15, 0.2) is 72.8 Å². The van der Waals surface area contributed by atoms with Gasteiger partial charge in [0.15, 0.2) is 0 Å². The smallest absolute Gasteiger partial charge is 0.276 e. The molecule has 0 unspecified atom stereocenters. The van der Waals surface area contributed by atoms with E-state index in [4.69, 9.17) is 0 Å². The fourth-order valence-corrected chi connectivity index (χ4v) is 2.47. The van der Waals surface area contributed by atoms with Crippen LogP contribution >= 0.6 is 0 Å². The molecule has 5 nitrogen and oxygen atoms in total. The van der Waals surface area contributed by atoms with Gasteiger partial charge in [0.2, 0.25) is 5.91 Å². The van der Waals surface area contributed by atoms with Crippen LogP contribution in [0.3, 0.4) is 0 Å². The Morgan fingerprint density at radius 3 is 2.50 bits per heavy atom. The number of hydrogen-bond donors (Lipinski definition) is 1. The number of benzene rings is 3. The Bertz CT molecular complexity index is 943. The zero-order valence-electron chi connectivity index (χ0n) is 12.7. The second kappa shape index (κ2) is 6.75. The predicted molar refractivity (Wildman–Crippen MR) is 94.7 cm³/mol. The Labute approximate surface area is 138 Å². The number of para-hydroxylation sites is 1. The van der Waals surface area contributed by atoms with Crippen LogP contribution in [0.25, 0.3) is 16.8 Å². The van der Waals surface area contributed by atoms with Crippen molar-refractivity contribution in [3.8, 4) is 0 Å². The summed E-state index contributed by atoms with van der Waals surface area (Å²) in [5, 5.41) is 15.7. The van der Waals surface area contributed by atoms with Gasteiger partial charge in [0, 0.05) is 23.2 Å². The van der Waals surface area contributed by atoms with Gasteiger partial charge in [-0.05, 0) is 23.6 Å². The number of hydrogen-bond acceptors (Lipinski definition) is 3. The van der Waals surface area contributed by atoms with Crippen molar-refractivity contribution in [2.24, 2.45) is 0 Å². The van der Waals surface area contributed by atoms with E-state index in [9.17, 15) is 14.9 Å². The maximum Gasteiger partial charge on any atom is 0.276 e. The van der Waals surface area contributed by atoms with Crippen LogP contribution in [0.5, 0.6) is 0 Å². The Balaban J connectivity index is 1.82. The first-order chi connectivity index (χ1) is 11.6. The van der Waals surface area contributed by atoms with Gasteiger partial charge in [0.25, 0.3) is 5.69 Å². The van der Waals surface area contributed by atoms with Crippen molar-refractivity contribution in [1.29, 1.82) is 0 Å². The highest BCUT2D eigenvalue weighted by Crippen LogP contribution is 2.23. The summed E-state index contributed by atoms with van der Waals surface area (Å²) in [6.07, 6.45) is 2.74. The van der Waals surface area contributed by atoms with E-state index in [1.165, 1.54) is 18.2 Å². The number of nitro benzene ring substituents is 1. The van der Waals surface area contributed by atoms with E-state index in [2.05, 4.69) is 5.32 Å². The highest BCUT2D eigenvalue weighted by molar-refractivity contribution is 6.07. The molecular formula is C19H14N2O3. The van der Waals surface area contributed by atoms with Crippen molar-refractivity contribution >= 4 is 34.1 Å². The number of carbonyl (C=O) groups is 1. The molecule has 0 aromatic heterocycles. The average Bonchev–Trinajstić information content (AvgIpc) is 2.60. The molecule has 0 saturated carbocycles. The zero-order chi connectivity index (χ0) is 16.9. The maximum absolute atomic E-state index is 12.1. The SMILES string of the molecule is O=C(/C=C/c1ccccc1[N+](=O)[O-])Nc1cccc2ccccc12. The molecule has 0 aliphatic rings. The molecule has 3 aromatic carbocycles. The second-order valence-corrected chi connectivity index (χ2v) is 5.17. The summed E-state index contributed by atoms with van der Waals surface area (Å²) in [7, 11) is 0. The van der Waals surface area contributed by atoms with Crippen molar-refractivity contribution in [1.82, 2.24) is 0 Å². The van der Waals surface area contributed by atoms with E-state index in [0.29, 0.717) is 11.3 Å². The largest absolute Gasteiger partial charge is 0.322 e. The first-order valence-corrected chi connectivity index (χ1v) is 7.35. The second-order valence-electron chi connectivity index (χ2n) is 5.17. The van der Waals surface area contributed by atoms with Crippen LogP contribution in [-0.4, -0.2) is 10.8 Å². The lowest BCUT2D eigenvalue weighted by molar-refractivity contribution is -0.385. The minimum atomic E-state index is -0.470. The Morgan fingerprint density at radius 1 is 0.958 bits per heavy atom. The fraction of sp³-hybridized carbons (Fsp3) is 0. The summed E-state index contributed by atoms with van der Waals surface area (Å²) >= 11 is 0. The molecule has 1 amide bonds. The molecule has 0 fully saturated rings. The molecule has 24 heavy (non-hydrogen) atoms. The third kappa shape index (κ3) is 3.30. The van der Waals surface area contributed by atoms with E-state index in [1.54, 1.807) is 18.2 Å². The molecule has 0 spiro atoms. The van der Waals surface area contributed by atoms with Gasteiger partial charge < -0.3 is 5.32 Å². The number of nitrogens with one attached hydrogen (secondary N) is 1. The Morgan fingerprint density at radius 2 is 1.67 bits per heavy atom. The number of nitrogens with zero attached hydrogens (tertiary/aromatic N) is 1. The van der Waals surface area contributed by atoms with Crippen LogP contribution in [-0.2, 0) is 4.79 Å². The standard InChI is InChI=1S/C19H14N2O3/c22-19(13-12-15-7-2-4-11-18(15)21(23)24)20-17-10-5-8-14-6-1-3-9-16(14)17/h1-13H,(H,20,22)/b13-12+. The number of amides is 1. The number of carbonyl (C=O) groups excluding carboxylic acids is 1. The van der Waals surface area contributed by atoms with E-state index < -0.39 is 4.92 Å². The van der Waals surface area contributed by atoms with Crippen molar-refractivity contribution in [2.45, 2.75) is 0 Å². The van der Waals surface area contributed by atoms with E-state index >= 15 is 0 Å². The normalized spacial score (nSPS) is 10.8. The molecule has 1 N–H and O–H groups in total. The average molecular weight is 318 g/mol. The third-order valence-corrected chi connectivity index (χ3v) is 3.60. The van der Waals surface area contributed by atoms with Crippen molar-refractivity contribution in [3.05, 3.63) is 88.5 Å². The fourth-order valence-electron chi connectivity index (χ4n) is 2.47. The molecule has 0 atom stereocenters. The number of anilines is 1. The lowest BCUT2D eigenvalue weighted by Crippen LogP contribution is -2.08. The molecule has 3 aromatic rings. The number of fused-ring (bicyclic) bond motifs is 1. The third-order valence-electron chi connectivity index (χ3n) is 3.60. The van der Waals surface area contributed by atoms with Gasteiger partial charge in [-0.15, -0.1) is 0 Å². The zero-order valence-corrected chi connectivity index (χ0v) is 12.7. The van der Waals surface area contributed by atoms with Crippen molar-refractivity contribution in [2.75, 3.05) is 5.32 Å². The summed E-state index contributed by atoms with van der Waals surface area (Å²) in [4.78, 5) is 22.6. The lowest BCUT2D eigenvalue weighted by atomic mass is 10.1. The first kappa shape index (κ1) is 15.4. The van der Waals surface area contributed by atoms with Gasteiger partial charge >= 0.3 is 0 Å². The number of rotatable bonds is 4. The number of nitro groups is 1.